The van der Waals surface area contributed by atoms with Gasteiger partial charge in [-0.2, -0.15) is 0 Å². The van der Waals surface area contributed by atoms with E-state index in [0.717, 1.165) is 12.8 Å². The summed E-state index contributed by atoms with van der Waals surface area (Å²) in [7, 11) is 0. The lowest BCUT2D eigenvalue weighted by molar-refractivity contribution is -0.147. The maximum absolute atomic E-state index is 13.1. The second kappa shape index (κ2) is 3.40. The highest BCUT2D eigenvalue weighted by Crippen LogP contribution is 2.47. The zero-order valence-electron chi connectivity index (χ0n) is 8.64. The zero-order valence-corrected chi connectivity index (χ0v) is 8.64. The van der Waals surface area contributed by atoms with E-state index in [2.05, 4.69) is 0 Å². The highest BCUT2D eigenvalue weighted by atomic mass is 19.3. The Balaban J connectivity index is 2.02. The number of nitrogens with two attached hydrogens (primary N) is 1. The van der Waals surface area contributed by atoms with Crippen molar-refractivity contribution in [2.45, 2.75) is 31.6 Å². The van der Waals surface area contributed by atoms with E-state index in [9.17, 15) is 13.6 Å². The van der Waals surface area contributed by atoms with Crippen LogP contribution in [0.3, 0.4) is 0 Å². The van der Waals surface area contributed by atoms with E-state index in [-0.39, 0.29) is 18.9 Å². The minimum absolute atomic E-state index is 0.105. The van der Waals surface area contributed by atoms with Crippen LogP contribution in [0.2, 0.25) is 0 Å². The van der Waals surface area contributed by atoms with Crippen molar-refractivity contribution in [3.05, 3.63) is 0 Å². The fourth-order valence-corrected chi connectivity index (χ4v) is 2.13. The van der Waals surface area contributed by atoms with Crippen LogP contribution in [0, 0.1) is 5.41 Å². The molecule has 3 nitrogen and oxygen atoms in total. The summed E-state index contributed by atoms with van der Waals surface area (Å²) in [6.07, 6.45) is 1.79. The Morgan fingerprint density at radius 2 is 2.00 bits per heavy atom. The summed E-state index contributed by atoms with van der Waals surface area (Å²) in [4.78, 5) is 13.2. The van der Waals surface area contributed by atoms with Crippen molar-refractivity contribution in [3.8, 4) is 0 Å². The summed E-state index contributed by atoms with van der Waals surface area (Å²) in [6.45, 7) is 0.317. The van der Waals surface area contributed by atoms with E-state index >= 15 is 0 Å². The summed E-state index contributed by atoms with van der Waals surface area (Å²) in [5.41, 5.74) is 5.02. The molecule has 0 unspecified atom stereocenters. The molecule has 2 fully saturated rings. The van der Waals surface area contributed by atoms with Gasteiger partial charge in [-0.1, -0.05) is 0 Å². The molecule has 1 aliphatic heterocycles. The van der Waals surface area contributed by atoms with Gasteiger partial charge in [0.1, 0.15) is 0 Å². The number of halogens is 2. The number of carbonyl (C=O) groups is 1. The highest BCUT2D eigenvalue weighted by Gasteiger charge is 2.52. The second-order valence-electron chi connectivity index (χ2n) is 4.67. The minimum atomic E-state index is -2.71. The maximum atomic E-state index is 13.1. The van der Waals surface area contributed by atoms with Crippen molar-refractivity contribution >= 4 is 5.91 Å². The summed E-state index contributed by atoms with van der Waals surface area (Å²) < 4.78 is 26.2. The molecule has 0 bridgehead atoms. The number of hydrogen-bond donors (Lipinski definition) is 1. The molecule has 0 aromatic heterocycles. The molecule has 0 aromatic rings. The summed E-state index contributed by atoms with van der Waals surface area (Å²) >= 11 is 0. The first kappa shape index (κ1) is 10.8. The van der Waals surface area contributed by atoms with Crippen LogP contribution in [0.1, 0.15) is 25.7 Å². The highest BCUT2D eigenvalue weighted by molar-refractivity contribution is 5.85. The topological polar surface area (TPSA) is 46.3 Å². The monoisotopic (exact) mass is 218 g/mol. The van der Waals surface area contributed by atoms with Gasteiger partial charge in [-0.25, -0.2) is 8.78 Å². The van der Waals surface area contributed by atoms with Gasteiger partial charge in [0.15, 0.2) is 0 Å². The summed E-state index contributed by atoms with van der Waals surface area (Å²) in [5, 5.41) is 0. The van der Waals surface area contributed by atoms with Crippen molar-refractivity contribution < 1.29 is 13.6 Å². The van der Waals surface area contributed by atoms with E-state index < -0.39 is 17.9 Å². The first-order chi connectivity index (χ1) is 6.99. The first-order valence-corrected chi connectivity index (χ1v) is 5.36. The van der Waals surface area contributed by atoms with Crippen molar-refractivity contribution in [1.82, 2.24) is 4.90 Å². The number of carbonyl (C=O) groups excluding carboxylic acids is 1. The van der Waals surface area contributed by atoms with Crippen LogP contribution >= 0.6 is 0 Å². The van der Waals surface area contributed by atoms with E-state index in [1.165, 1.54) is 4.90 Å². The van der Waals surface area contributed by atoms with E-state index in [1.54, 1.807) is 0 Å². The van der Waals surface area contributed by atoms with Crippen LogP contribution in [0.25, 0.3) is 0 Å². The fourth-order valence-electron chi connectivity index (χ4n) is 2.13. The Morgan fingerprint density at radius 1 is 1.33 bits per heavy atom. The molecule has 1 saturated carbocycles. The van der Waals surface area contributed by atoms with Crippen LogP contribution in [-0.4, -0.2) is 36.4 Å². The molecule has 2 aliphatic rings. The molecule has 15 heavy (non-hydrogen) atoms. The predicted molar refractivity (Wildman–Crippen MR) is 51.5 cm³/mol. The minimum Gasteiger partial charge on any atom is -0.336 e. The fraction of sp³-hybridized carbons (Fsp3) is 0.900. The molecular formula is C10H16F2N2O. The normalized spacial score (nSPS) is 27.5. The number of nitrogens with zero attached hydrogens (tertiary/aromatic N) is 1. The van der Waals surface area contributed by atoms with Crippen molar-refractivity contribution in [2.24, 2.45) is 11.1 Å². The third-order valence-corrected chi connectivity index (χ3v) is 3.38. The number of piperidine rings is 1. The van der Waals surface area contributed by atoms with Crippen LogP contribution in [-0.2, 0) is 4.79 Å². The average Bonchev–Trinajstić information content (AvgIpc) is 2.96. The molecule has 0 aromatic carbocycles. The molecule has 1 aliphatic carbocycles. The quantitative estimate of drug-likeness (QED) is 0.751. The van der Waals surface area contributed by atoms with E-state index in [1.807, 2.05) is 0 Å². The molecule has 86 valence electrons. The van der Waals surface area contributed by atoms with Gasteiger partial charge in [0, 0.05) is 19.5 Å². The van der Waals surface area contributed by atoms with Crippen LogP contribution in [0.4, 0.5) is 8.78 Å². The number of alkyl halides is 2. The maximum Gasteiger partial charge on any atom is 0.265 e. The molecule has 1 amide bonds. The van der Waals surface area contributed by atoms with E-state index in [0.29, 0.717) is 13.0 Å². The second-order valence-corrected chi connectivity index (χ2v) is 4.67. The third-order valence-electron chi connectivity index (χ3n) is 3.38. The summed E-state index contributed by atoms with van der Waals surface area (Å²) in [5.74, 6) is -2.87. The van der Waals surface area contributed by atoms with E-state index in [4.69, 9.17) is 5.73 Å². The van der Waals surface area contributed by atoms with Crippen LogP contribution < -0.4 is 5.73 Å². The molecule has 5 heteroatoms. The van der Waals surface area contributed by atoms with Gasteiger partial charge >= 0.3 is 0 Å². The van der Waals surface area contributed by atoms with Crippen molar-refractivity contribution in [3.63, 3.8) is 0 Å². The van der Waals surface area contributed by atoms with Crippen molar-refractivity contribution in [1.29, 1.82) is 0 Å². The number of amides is 1. The smallest absolute Gasteiger partial charge is 0.265 e. The lowest BCUT2D eigenvalue weighted by Gasteiger charge is -2.34. The van der Waals surface area contributed by atoms with Crippen LogP contribution in [0.15, 0.2) is 0 Å². The van der Waals surface area contributed by atoms with Gasteiger partial charge in [-0.15, -0.1) is 0 Å². The number of hydrogen-bond acceptors (Lipinski definition) is 2. The van der Waals surface area contributed by atoms with Gasteiger partial charge < -0.3 is 10.6 Å². The Morgan fingerprint density at radius 3 is 2.47 bits per heavy atom. The lowest BCUT2D eigenvalue weighted by Crippen LogP contribution is -2.49. The Bertz CT molecular complexity index is 277. The van der Waals surface area contributed by atoms with Crippen LogP contribution in [0.5, 0.6) is 0 Å². The lowest BCUT2D eigenvalue weighted by atomic mass is 10.0. The molecule has 1 heterocycles. The standard InChI is InChI=1S/C10H16F2N2O/c11-10(12)2-1-5-14(7-10)8(15)9(6-13)3-4-9/h1-7,13H2. The largest absolute Gasteiger partial charge is 0.336 e. The Labute approximate surface area is 87.6 Å². The number of likely N-dealkylation sites (tertiary alicyclic amines) is 1. The average molecular weight is 218 g/mol. The predicted octanol–water partition coefficient (Wildman–Crippen LogP) is 0.983. The van der Waals surface area contributed by atoms with Gasteiger partial charge in [-0.05, 0) is 19.3 Å². The molecule has 1 saturated heterocycles. The van der Waals surface area contributed by atoms with Gasteiger partial charge in [-0.3, -0.25) is 4.79 Å². The molecular weight excluding hydrogens is 202 g/mol. The van der Waals surface area contributed by atoms with Gasteiger partial charge in [0.05, 0.1) is 12.0 Å². The zero-order chi connectivity index (χ0) is 11.1. The summed E-state index contributed by atoms with van der Waals surface area (Å²) in [6, 6.07) is 0. The molecule has 2 rings (SSSR count). The molecule has 0 radical (unpaired) electrons. The number of rotatable bonds is 2. The third kappa shape index (κ3) is 1.97. The molecule has 0 atom stereocenters. The molecule has 2 N–H and O–H groups in total. The van der Waals surface area contributed by atoms with Gasteiger partial charge in [0.25, 0.3) is 5.92 Å². The SMILES string of the molecule is NCC1(C(=O)N2CCCC(F)(F)C2)CC1. The Hall–Kier alpha value is -0.710. The first-order valence-electron chi connectivity index (χ1n) is 5.36. The Kier molecular flexibility index (Phi) is 2.45. The molecule has 0 spiro atoms. The van der Waals surface area contributed by atoms with Gasteiger partial charge in [0.2, 0.25) is 5.91 Å². The van der Waals surface area contributed by atoms with Crippen molar-refractivity contribution in [2.75, 3.05) is 19.6 Å².